The van der Waals surface area contributed by atoms with E-state index in [4.69, 9.17) is 0 Å². The lowest BCUT2D eigenvalue weighted by atomic mass is 10.1. The van der Waals surface area contributed by atoms with Crippen molar-refractivity contribution in [2.45, 2.75) is 13.1 Å². The van der Waals surface area contributed by atoms with Crippen LogP contribution < -0.4 is 5.32 Å². The van der Waals surface area contributed by atoms with Gasteiger partial charge in [0.25, 0.3) is 0 Å². The standard InChI is InChI=1S/C14H12F3N/c1-10-4-2-3-5-13(10)18-12-8-6-11(7-9-12)14(15,16)17/h2-9,18H,1H3. The number of hydrogen-bond acceptors (Lipinski definition) is 1. The summed E-state index contributed by atoms with van der Waals surface area (Å²) < 4.78 is 37.2. The quantitative estimate of drug-likeness (QED) is 0.811. The van der Waals surface area contributed by atoms with Crippen LogP contribution in [0.5, 0.6) is 0 Å². The van der Waals surface area contributed by atoms with Gasteiger partial charge in [-0.2, -0.15) is 13.2 Å². The second kappa shape index (κ2) is 4.72. The van der Waals surface area contributed by atoms with E-state index in [9.17, 15) is 13.2 Å². The molecule has 0 atom stereocenters. The molecule has 0 heterocycles. The molecule has 0 aromatic heterocycles. The summed E-state index contributed by atoms with van der Waals surface area (Å²) >= 11 is 0. The van der Waals surface area contributed by atoms with Crippen LogP contribution >= 0.6 is 0 Å². The highest BCUT2D eigenvalue weighted by Crippen LogP contribution is 2.30. The Bertz CT molecular complexity index is 529. The zero-order valence-corrected chi connectivity index (χ0v) is 9.75. The molecule has 0 saturated heterocycles. The van der Waals surface area contributed by atoms with Crippen molar-refractivity contribution in [3.63, 3.8) is 0 Å². The zero-order valence-electron chi connectivity index (χ0n) is 9.75. The van der Waals surface area contributed by atoms with Crippen molar-refractivity contribution in [3.05, 3.63) is 59.7 Å². The summed E-state index contributed by atoms with van der Waals surface area (Å²) in [5.41, 5.74) is 1.92. The van der Waals surface area contributed by atoms with Gasteiger partial charge in [-0.15, -0.1) is 0 Å². The first-order valence-electron chi connectivity index (χ1n) is 5.47. The van der Waals surface area contributed by atoms with Crippen molar-refractivity contribution >= 4 is 11.4 Å². The average molecular weight is 251 g/mol. The van der Waals surface area contributed by atoms with E-state index in [1.165, 1.54) is 12.1 Å². The Morgan fingerprint density at radius 3 is 2.06 bits per heavy atom. The van der Waals surface area contributed by atoms with E-state index < -0.39 is 11.7 Å². The van der Waals surface area contributed by atoms with Gasteiger partial charge < -0.3 is 5.32 Å². The second-order valence-electron chi connectivity index (χ2n) is 4.02. The van der Waals surface area contributed by atoms with E-state index in [1.54, 1.807) is 0 Å². The van der Waals surface area contributed by atoms with Crippen LogP contribution in [0.1, 0.15) is 11.1 Å². The van der Waals surface area contributed by atoms with Gasteiger partial charge >= 0.3 is 6.18 Å². The van der Waals surface area contributed by atoms with Crippen LogP contribution in [-0.4, -0.2) is 0 Å². The lowest BCUT2D eigenvalue weighted by Gasteiger charge is -2.11. The van der Waals surface area contributed by atoms with Crippen molar-refractivity contribution in [2.75, 3.05) is 5.32 Å². The van der Waals surface area contributed by atoms with Gasteiger partial charge in [-0.05, 0) is 42.8 Å². The highest BCUT2D eigenvalue weighted by Gasteiger charge is 2.29. The molecule has 0 amide bonds. The van der Waals surface area contributed by atoms with E-state index in [0.717, 1.165) is 23.4 Å². The lowest BCUT2D eigenvalue weighted by Crippen LogP contribution is -2.04. The Kier molecular flexibility index (Phi) is 3.28. The highest BCUT2D eigenvalue weighted by molar-refractivity contribution is 5.63. The summed E-state index contributed by atoms with van der Waals surface area (Å²) in [6, 6.07) is 12.6. The van der Waals surface area contributed by atoms with Crippen molar-refractivity contribution in [1.29, 1.82) is 0 Å². The molecule has 0 saturated carbocycles. The van der Waals surface area contributed by atoms with Crippen LogP contribution in [0, 0.1) is 6.92 Å². The van der Waals surface area contributed by atoms with Crippen LogP contribution in [0.15, 0.2) is 48.5 Å². The Balaban J connectivity index is 2.19. The molecule has 0 fully saturated rings. The lowest BCUT2D eigenvalue weighted by molar-refractivity contribution is -0.137. The van der Waals surface area contributed by atoms with Gasteiger partial charge in [0.2, 0.25) is 0 Å². The van der Waals surface area contributed by atoms with Gasteiger partial charge in [0.05, 0.1) is 5.56 Å². The predicted octanol–water partition coefficient (Wildman–Crippen LogP) is 4.76. The second-order valence-corrected chi connectivity index (χ2v) is 4.02. The number of nitrogens with one attached hydrogen (secondary N) is 1. The molecule has 2 aromatic carbocycles. The molecule has 2 aromatic rings. The van der Waals surface area contributed by atoms with Crippen LogP contribution in [0.2, 0.25) is 0 Å². The Morgan fingerprint density at radius 1 is 0.889 bits per heavy atom. The molecule has 0 spiro atoms. The molecule has 2 rings (SSSR count). The Hall–Kier alpha value is -1.97. The molecule has 0 unspecified atom stereocenters. The molecule has 4 heteroatoms. The maximum absolute atomic E-state index is 12.4. The summed E-state index contributed by atoms with van der Waals surface area (Å²) in [7, 11) is 0. The number of aryl methyl sites for hydroxylation is 1. The molecule has 0 bridgehead atoms. The smallest absolute Gasteiger partial charge is 0.355 e. The maximum Gasteiger partial charge on any atom is 0.416 e. The van der Waals surface area contributed by atoms with E-state index in [-0.39, 0.29) is 0 Å². The molecular formula is C14H12F3N. The number of rotatable bonds is 2. The summed E-state index contributed by atoms with van der Waals surface area (Å²) in [4.78, 5) is 0. The van der Waals surface area contributed by atoms with Crippen molar-refractivity contribution in [1.82, 2.24) is 0 Å². The summed E-state index contributed by atoms with van der Waals surface area (Å²) in [6.45, 7) is 1.94. The number of benzene rings is 2. The fourth-order valence-electron chi connectivity index (χ4n) is 1.61. The Morgan fingerprint density at radius 2 is 1.50 bits per heavy atom. The topological polar surface area (TPSA) is 12.0 Å². The SMILES string of the molecule is Cc1ccccc1Nc1ccc(C(F)(F)F)cc1. The van der Waals surface area contributed by atoms with E-state index in [2.05, 4.69) is 5.32 Å². The minimum atomic E-state index is -4.29. The monoisotopic (exact) mass is 251 g/mol. The third kappa shape index (κ3) is 2.83. The van der Waals surface area contributed by atoms with E-state index >= 15 is 0 Å². The first-order chi connectivity index (χ1) is 8.47. The number of halogens is 3. The number of anilines is 2. The highest BCUT2D eigenvalue weighted by atomic mass is 19.4. The fraction of sp³-hybridized carbons (Fsp3) is 0.143. The first-order valence-corrected chi connectivity index (χ1v) is 5.47. The predicted molar refractivity (Wildman–Crippen MR) is 65.9 cm³/mol. The largest absolute Gasteiger partial charge is 0.416 e. The number of para-hydroxylation sites is 1. The van der Waals surface area contributed by atoms with E-state index in [0.29, 0.717) is 5.69 Å². The van der Waals surface area contributed by atoms with Crippen molar-refractivity contribution < 1.29 is 13.2 Å². The van der Waals surface area contributed by atoms with Crippen LogP contribution in [0.3, 0.4) is 0 Å². The Labute approximate surface area is 103 Å². The third-order valence-electron chi connectivity index (χ3n) is 2.64. The zero-order chi connectivity index (χ0) is 13.2. The van der Waals surface area contributed by atoms with Crippen LogP contribution in [0.4, 0.5) is 24.5 Å². The maximum atomic E-state index is 12.4. The van der Waals surface area contributed by atoms with Gasteiger partial charge in [-0.3, -0.25) is 0 Å². The summed E-state index contributed by atoms with van der Waals surface area (Å²) in [5, 5.41) is 3.08. The molecule has 0 aliphatic carbocycles. The van der Waals surface area contributed by atoms with Gasteiger partial charge in [-0.1, -0.05) is 18.2 Å². The third-order valence-corrected chi connectivity index (χ3v) is 2.64. The average Bonchev–Trinajstić information content (AvgIpc) is 2.32. The van der Waals surface area contributed by atoms with E-state index in [1.807, 2.05) is 31.2 Å². The van der Waals surface area contributed by atoms with Crippen LogP contribution in [0.25, 0.3) is 0 Å². The van der Waals surface area contributed by atoms with Crippen LogP contribution in [-0.2, 0) is 6.18 Å². The number of alkyl halides is 3. The molecule has 0 aliphatic heterocycles. The molecule has 0 radical (unpaired) electrons. The molecule has 1 N–H and O–H groups in total. The number of hydrogen-bond donors (Lipinski definition) is 1. The molecule has 0 aliphatic rings. The van der Waals surface area contributed by atoms with Gasteiger partial charge in [0, 0.05) is 11.4 Å². The minimum Gasteiger partial charge on any atom is -0.355 e. The van der Waals surface area contributed by atoms with Gasteiger partial charge in [-0.25, -0.2) is 0 Å². The minimum absolute atomic E-state index is 0.636. The van der Waals surface area contributed by atoms with Gasteiger partial charge in [0.1, 0.15) is 0 Å². The molecule has 18 heavy (non-hydrogen) atoms. The first kappa shape index (κ1) is 12.5. The van der Waals surface area contributed by atoms with Crippen molar-refractivity contribution in [3.8, 4) is 0 Å². The summed E-state index contributed by atoms with van der Waals surface area (Å²) in [5.74, 6) is 0. The van der Waals surface area contributed by atoms with Gasteiger partial charge in [0.15, 0.2) is 0 Å². The normalized spacial score (nSPS) is 11.3. The molecule has 94 valence electrons. The summed E-state index contributed by atoms with van der Waals surface area (Å²) in [6.07, 6.45) is -4.29. The fourth-order valence-corrected chi connectivity index (χ4v) is 1.61. The molecule has 1 nitrogen and oxygen atoms in total. The molecular weight excluding hydrogens is 239 g/mol. The van der Waals surface area contributed by atoms with Crippen molar-refractivity contribution in [2.24, 2.45) is 0 Å².